The molecule has 0 amide bonds. The number of hydrogen-bond acceptors (Lipinski definition) is 6. The average molecular weight is 640 g/mol. The maximum absolute atomic E-state index is 13.0. The predicted molar refractivity (Wildman–Crippen MR) is 173 cm³/mol. The van der Waals surface area contributed by atoms with E-state index in [1.807, 2.05) is 32.0 Å². The smallest absolute Gasteiger partial charge is 0.336 e. The van der Waals surface area contributed by atoms with Crippen LogP contribution in [-0.4, -0.2) is 50.7 Å². The number of aromatic nitrogens is 1. The number of rotatable bonds is 7. The number of anilines is 3. The van der Waals surface area contributed by atoms with E-state index in [1.54, 1.807) is 42.5 Å². The van der Waals surface area contributed by atoms with Crippen molar-refractivity contribution in [1.82, 2.24) is 4.98 Å². The van der Waals surface area contributed by atoms with Gasteiger partial charge in [-0.2, -0.15) is 0 Å². The molecular weight excluding hydrogens is 607 g/mol. The number of carboxylic acids is 1. The van der Waals surface area contributed by atoms with Crippen LogP contribution in [0.5, 0.6) is 0 Å². The average Bonchev–Trinajstić information content (AvgIpc) is 2.93. The monoisotopic (exact) mass is 638 g/mol. The molecule has 0 atom stereocenters. The second-order valence-electron chi connectivity index (χ2n) is 9.70. The number of hydrogen-bond donors (Lipinski definition) is 2. The van der Waals surface area contributed by atoms with E-state index < -0.39 is 16.0 Å². The van der Waals surface area contributed by atoms with E-state index in [2.05, 4.69) is 26.7 Å². The first-order valence-electron chi connectivity index (χ1n) is 12.6. The maximum atomic E-state index is 13.0. The lowest BCUT2D eigenvalue weighted by molar-refractivity contribution is 0.0699. The number of nitrogens with one attached hydrogen (secondary N) is 1. The van der Waals surface area contributed by atoms with Gasteiger partial charge in [0.1, 0.15) is 5.82 Å². The number of carbonyl (C=O) groups is 1. The number of sulfonamides is 1. The van der Waals surface area contributed by atoms with E-state index in [4.69, 9.17) is 4.98 Å². The summed E-state index contributed by atoms with van der Waals surface area (Å²) in [5, 5.41) is 10.3. The molecule has 1 fully saturated rings. The Morgan fingerprint density at radius 2 is 1.46 bits per heavy atom. The van der Waals surface area contributed by atoms with Gasteiger partial charge in [-0.25, -0.2) is 18.2 Å². The molecule has 8 nitrogen and oxygen atoms in total. The van der Waals surface area contributed by atoms with Crippen LogP contribution in [0.2, 0.25) is 0 Å². The summed E-state index contributed by atoms with van der Waals surface area (Å²) in [7, 11) is -3.84. The highest BCUT2D eigenvalue weighted by molar-refractivity contribution is 7.92. The molecule has 0 aliphatic carbocycles. The fourth-order valence-electron chi connectivity index (χ4n) is 4.69. The third-order valence-corrected chi connectivity index (χ3v) is 8.26. The van der Waals surface area contributed by atoms with Gasteiger partial charge in [-0.3, -0.25) is 4.72 Å². The topological polar surface area (TPSA) is 103 Å². The van der Waals surface area contributed by atoms with E-state index in [0.717, 1.165) is 24.3 Å². The third-order valence-electron chi connectivity index (χ3n) is 6.86. The zero-order valence-electron chi connectivity index (χ0n) is 22.6. The van der Waals surface area contributed by atoms with E-state index >= 15 is 0 Å². The minimum absolute atomic E-state index is 0. The largest absolute Gasteiger partial charge is 0.478 e. The summed E-state index contributed by atoms with van der Waals surface area (Å²) in [6, 6.07) is 23.3. The number of pyridine rings is 1. The van der Waals surface area contributed by atoms with Crippen molar-refractivity contribution in [2.24, 2.45) is 0 Å². The van der Waals surface area contributed by atoms with E-state index in [0.29, 0.717) is 35.7 Å². The van der Waals surface area contributed by atoms with Crippen molar-refractivity contribution >= 4 is 81.3 Å². The first-order valence-corrected chi connectivity index (χ1v) is 14.1. The Balaban J connectivity index is 0.00000196. The van der Waals surface area contributed by atoms with Crippen LogP contribution >= 0.6 is 37.2 Å². The number of halogens is 3. The Morgan fingerprint density at radius 1 is 0.854 bits per heavy atom. The van der Waals surface area contributed by atoms with Crippen LogP contribution in [0.15, 0.2) is 83.8 Å². The first-order chi connectivity index (χ1) is 18.2. The molecular formula is C29H33Cl3N4O4S. The predicted octanol–water partition coefficient (Wildman–Crippen LogP) is 6.45. The zero-order valence-corrected chi connectivity index (χ0v) is 25.8. The van der Waals surface area contributed by atoms with Gasteiger partial charge in [0.05, 0.1) is 16.0 Å². The molecule has 12 heteroatoms. The molecule has 1 aliphatic heterocycles. The molecule has 2 N–H and O–H groups in total. The molecule has 0 bridgehead atoms. The van der Waals surface area contributed by atoms with Gasteiger partial charge in [0.15, 0.2) is 0 Å². The summed E-state index contributed by atoms with van der Waals surface area (Å²) in [5.74, 6) is -0.202. The fourth-order valence-corrected chi connectivity index (χ4v) is 5.74. The number of piperazine rings is 1. The van der Waals surface area contributed by atoms with Crippen LogP contribution in [-0.2, 0) is 10.0 Å². The molecule has 0 unspecified atom stereocenters. The molecule has 1 saturated heterocycles. The summed E-state index contributed by atoms with van der Waals surface area (Å²) in [5.41, 5.74) is 3.06. The lowest BCUT2D eigenvalue weighted by atomic mass is 10.0. The number of nitrogens with zero attached hydrogens (tertiary/aromatic N) is 3. The quantitative estimate of drug-likeness (QED) is 0.240. The van der Waals surface area contributed by atoms with Gasteiger partial charge in [0, 0.05) is 42.9 Å². The van der Waals surface area contributed by atoms with Crippen molar-refractivity contribution in [2.45, 2.75) is 24.7 Å². The minimum atomic E-state index is -3.84. The third kappa shape index (κ3) is 7.54. The van der Waals surface area contributed by atoms with E-state index in [9.17, 15) is 18.3 Å². The fraction of sp³-hybridized carbons (Fsp3) is 0.241. The summed E-state index contributed by atoms with van der Waals surface area (Å²) >= 11 is 0. The number of para-hydroxylation sites is 1. The molecule has 1 aromatic heterocycles. The summed E-state index contributed by atoms with van der Waals surface area (Å²) < 4.78 is 28.5. The van der Waals surface area contributed by atoms with Gasteiger partial charge in [0.25, 0.3) is 10.0 Å². The van der Waals surface area contributed by atoms with Crippen LogP contribution in [0.25, 0.3) is 10.9 Å². The van der Waals surface area contributed by atoms with Crippen molar-refractivity contribution in [3.8, 4) is 0 Å². The van der Waals surface area contributed by atoms with Crippen LogP contribution in [0.4, 0.5) is 17.2 Å². The summed E-state index contributed by atoms with van der Waals surface area (Å²) in [6.07, 6.45) is 0. The molecule has 0 radical (unpaired) electrons. The molecule has 0 spiro atoms. The van der Waals surface area contributed by atoms with Crippen LogP contribution in [0, 0.1) is 0 Å². The zero-order chi connectivity index (χ0) is 26.9. The van der Waals surface area contributed by atoms with Gasteiger partial charge in [-0.15, -0.1) is 37.2 Å². The Hall–Kier alpha value is -3.24. The minimum Gasteiger partial charge on any atom is -0.478 e. The van der Waals surface area contributed by atoms with Gasteiger partial charge in [-0.05, 0) is 60.0 Å². The number of fused-ring (bicyclic) bond motifs is 1. The number of aromatic carboxylic acids is 1. The molecule has 1 aliphatic rings. The molecule has 4 aromatic rings. The molecule has 2 heterocycles. The lowest BCUT2D eigenvalue weighted by Crippen LogP contribution is -2.46. The maximum Gasteiger partial charge on any atom is 0.336 e. The van der Waals surface area contributed by atoms with Gasteiger partial charge in [0.2, 0.25) is 0 Å². The summed E-state index contributed by atoms with van der Waals surface area (Å²) in [4.78, 5) is 21.5. The van der Waals surface area contributed by atoms with Crippen LogP contribution < -0.4 is 14.5 Å². The lowest BCUT2D eigenvalue weighted by Gasteiger charge is -2.37. The first kappa shape index (κ1) is 34.0. The van der Waals surface area contributed by atoms with Gasteiger partial charge >= 0.3 is 5.97 Å². The van der Waals surface area contributed by atoms with Crippen molar-refractivity contribution < 1.29 is 18.3 Å². The van der Waals surface area contributed by atoms with Crippen molar-refractivity contribution in [3.05, 3.63) is 90.0 Å². The van der Waals surface area contributed by atoms with Crippen LogP contribution in [0.3, 0.4) is 0 Å². The highest BCUT2D eigenvalue weighted by atomic mass is 35.5. The molecule has 0 saturated carbocycles. The Kier molecular flexibility index (Phi) is 11.7. The number of carboxylic acid groups (broad SMARTS) is 1. The van der Waals surface area contributed by atoms with E-state index in [-0.39, 0.29) is 53.4 Å². The SMILES string of the molecule is CC(C)c1ccc(S(=O)(=O)Nc2ccc3nc(N4CCN(c5ccccc5)CC4)cc(C(=O)O)c3c2)cc1.Cl.Cl.Cl. The second-order valence-corrected chi connectivity index (χ2v) is 11.4. The van der Waals surface area contributed by atoms with Crippen molar-refractivity contribution in [3.63, 3.8) is 0 Å². The number of benzene rings is 3. The second kappa shape index (κ2) is 14.1. The molecule has 5 rings (SSSR count). The highest BCUT2D eigenvalue weighted by Crippen LogP contribution is 2.28. The Bertz CT molecular complexity index is 1580. The normalized spacial score (nSPS) is 13.1. The Morgan fingerprint density at radius 3 is 2.05 bits per heavy atom. The standard InChI is InChI=1S/C29H30N4O4S.3ClH/c1-20(2)21-8-11-24(12-9-21)38(36,37)31-22-10-13-27-25(18-22)26(29(34)35)19-28(30-27)33-16-14-32(15-17-33)23-6-4-3-5-7-23;;;/h3-13,18-20,31H,14-17H2,1-2H3,(H,34,35);3*1H. The molecule has 41 heavy (non-hydrogen) atoms. The van der Waals surface area contributed by atoms with Crippen LogP contribution in [0.1, 0.15) is 35.7 Å². The van der Waals surface area contributed by atoms with Gasteiger partial charge < -0.3 is 14.9 Å². The van der Waals surface area contributed by atoms with Gasteiger partial charge in [-0.1, -0.05) is 44.2 Å². The molecule has 3 aromatic carbocycles. The Labute approximate surface area is 259 Å². The van der Waals surface area contributed by atoms with E-state index in [1.165, 1.54) is 6.07 Å². The molecule has 220 valence electrons. The van der Waals surface area contributed by atoms with Crippen molar-refractivity contribution in [2.75, 3.05) is 40.7 Å². The highest BCUT2D eigenvalue weighted by Gasteiger charge is 2.22. The summed E-state index contributed by atoms with van der Waals surface area (Å²) in [6.45, 7) is 7.10. The van der Waals surface area contributed by atoms with Crippen molar-refractivity contribution in [1.29, 1.82) is 0 Å².